The number of aromatic nitrogens is 4. The number of phenols is 1. The molecule has 0 saturated carbocycles. The first kappa shape index (κ1) is 11.3. The molecule has 3 rings (SSSR count). The van der Waals surface area contributed by atoms with E-state index in [9.17, 15) is 5.11 Å². The fraction of sp³-hybridized carbons (Fsp3) is 0.0769. The van der Waals surface area contributed by atoms with Crippen LogP contribution in [0.15, 0.2) is 47.2 Å². The number of phenolic OH excluding ortho intramolecular Hbond substituents is 1. The molecule has 1 aromatic carbocycles. The van der Waals surface area contributed by atoms with E-state index < -0.39 is 0 Å². The first-order valence-corrected chi connectivity index (χ1v) is 5.69. The molecule has 0 unspecified atom stereocenters. The molecule has 3 aromatic rings. The van der Waals surface area contributed by atoms with Crippen LogP contribution in [0, 0.1) is 0 Å². The first-order valence-electron chi connectivity index (χ1n) is 5.69. The number of benzene rings is 1. The molecule has 1 N–H and O–H groups in total. The second-order valence-electron chi connectivity index (χ2n) is 3.93. The van der Waals surface area contributed by atoms with E-state index in [-0.39, 0.29) is 5.75 Å². The van der Waals surface area contributed by atoms with Crippen molar-refractivity contribution < 1.29 is 9.63 Å². The molecule has 0 aliphatic rings. The molecule has 94 valence electrons. The monoisotopic (exact) mass is 254 g/mol. The molecule has 0 fully saturated rings. The van der Waals surface area contributed by atoms with Crippen LogP contribution in [-0.2, 0) is 6.42 Å². The smallest absolute Gasteiger partial charge is 0.240 e. The van der Waals surface area contributed by atoms with Crippen molar-refractivity contribution in [1.29, 1.82) is 0 Å². The van der Waals surface area contributed by atoms with Crippen molar-refractivity contribution in [1.82, 2.24) is 20.1 Å². The van der Waals surface area contributed by atoms with E-state index in [4.69, 9.17) is 4.52 Å². The third-order valence-corrected chi connectivity index (χ3v) is 2.50. The minimum atomic E-state index is 0.212. The lowest BCUT2D eigenvalue weighted by molar-refractivity contribution is 0.385. The number of hydrogen-bond donors (Lipinski definition) is 1. The van der Waals surface area contributed by atoms with Gasteiger partial charge in [-0.2, -0.15) is 4.98 Å². The highest BCUT2D eigenvalue weighted by Crippen LogP contribution is 2.16. The van der Waals surface area contributed by atoms with Crippen LogP contribution in [0.1, 0.15) is 11.5 Å². The van der Waals surface area contributed by atoms with E-state index in [2.05, 4.69) is 20.1 Å². The second kappa shape index (κ2) is 4.85. The van der Waals surface area contributed by atoms with Crippen molar-refractivity contribution in [2.24, 2.45) is 0 Å². The zero-order valence-electron chi connectivity index (χ0n) is 9.89. The summed E-state index contributed by atoms with van der Waals surface area (Å²) in [7, 11) is 0. The molecule has 0 aliphatic heterocycles. The van der Waals surface area contributed by atoms with Gasteiger partial charge in [-0.3, -0.25) is 0 Å². The number of aromatic hydroxyl groups is 1. The van der Waals surface area contributed by atoms with Crippen LogP contribution in [-0.4, -0.2) is 25.2 Å². The van der Waals surface area contributed by atoms with Gasteiger partial charge in [0, 0.05) is 12.4 Å². The lowest BCUT2D eigenvalue weighted by Gasteiger charge is -1.96. The summed E-state index contributed by atoms with van der Waals surface area (Å²) in [5.74, 6) is 1.45. The Labute approximate surface area is 108 Å². The van der Waals surface area contributed by atoms with Crippen molar-refractivity contribution in [3.8, 4) is 17.4 Å². The van der Waals surface area contributed by atoms with Gasteiger partial charge in [0.15, 0.2) is 0 Å². The molecule has 2 heterocycles. The maximum atomic E-state index is 9.39. The van der Waals surface area contributed by atoms with Gasteiger partial charge in [-0.25, -0.2) is 9.97 Å². The Morgan fingerprint density at radius 2 is 1.89 bits per heavy atom. The van der Waals surface area contributed by atoms with Gasteiger partial charge in [-0.05, 0) is 23.8 Å². The molecule has 6 nitrogen and oxygen atoms in total. The molecular weight excluding hydrogens is 244 g/mol. The van der Waals surface area contributed by atoms with E-state index in [1.165, 1.54) is 0 Å². The normalized spacial score (nSPS) is 10.5. The summed E-state index contributed by atoms with van der Waals surface area (Å²) in [6.07, 6.45) is 3.69. The van der Waals surface area contributed by atoms with Crippen LogP contribution < -0.4 is 0 Å². The highest BCUT2D eigenvalue weighted by Gasteiger charge is 2.11. The fourth-order valence-electron chi connectivity index (χ4n) is 1.67. The standard InChI is InChI=1S/C13H10N4O2/c18-10-4-1-3-9(7-10)8-11-16-13(17-19-11)12-14-5-2-6-15-12/h1-7,18H,8H2. The van der Waals surface area contributed by atoms with Crippen LogP contribution >= 0.6 is 0 Å². The van der Waals surface area contributed by atoms with Gasteiger partial charge in [0.25, 0.3) is 0 Å². The van der Waals surface area contributed by atoms with Gasteiger partial charge >= 0.3 is 0 Å². The highest BCUT2D eigenvalue weighted by atomic mass is 16.5. The lowest BCUT2D eigenvalue weighted by Crippen LogP contribution is -1.90. The van der Waals surface area contributed by atoms with Crippen molar-refractivity contribution in [3.63, 3.8) is 0 Å². The molecule has 0 aliphatic carbocycles. The minimum Gasteiger partial charge on any atom is -0.508 e. The average molecular weight is 254 g/mol. The Hall–Kier alpha value is -2.76. The van der Waals surface area contributed by atoms with Crippen molar-refractivity contribution in [2.75, 3.05) is 0 Å². The van der Waals surface area contributed by atoms with Crippen LogP contribution in [0.5, 0.6) is 5.75 Å². The maximum Gasteiger partial charge on any atom is 0.240 e. The summed E-state index contributed by atoms with van der Waals surface area (Å²) >= 11 is 0. The maximum absolute atomic E-state index is 9.39. The van der Waals surface area contributed by atoms with Gasteiger partial charge < -0.3 is 9.63 Å². The summed E-state index contributed by atoms with van der Waals surface area (Å²) in [5, 5.41) is 13.2. The third kappa shape index (κ3) is 2.57. The Bertz CT molecular complexity index is 682. The van der Waals surface area contributed by atoms with E-state index >= 15 is 0 Å². The summed E-state index contributed by atoms with van der Waals surface area (Å²) in [6, 6.07) is 8.63. The van der Waals surface area contributed by atoms with Crippen molar-refractivity contribution in [3.05, 3.63) is 54.2 Å². The van der Waals surface area contributed by atoms with Crippen molar-refractivity contribution in [2.45, 2.75) is 6.42 Å². The second-order valence-corrected chi connectivity index (χ2v) is 3.93. The molecule has 0 amide bonds. The predicted molar refractivity (Wildman–Crippen MR) is 66.2 cm³/mol. The van der Waals surface area contributed by atoms with Crippen LogP contribution in [0.2, 0.25) is 0 Å². The predicted octanol–water partition coefficient (Wildman–Crippen LogP) is 1.82. The third-order valence-electron chi connectivity index (χ3n) is 2.50. The number of nitrogens with zero attached hydrogens (tertiary/aromatic N) is 4. The summed E-state index contributed by atoms with van der Waals surface area (Å²) < 4.78 is 5.14. The quantitative estimate of drug-likeness (QED) is 0.767. The summed E-state index contributed by atoms with van der Waals surface area (Å²) in [4.78, 5) is 12.3. The van der Waals surface area contributed by atoms with Gasteiger partial charge in [-0.1, -0.05) is 17.3 Å². The van der Waals surface area contributed by atoms with E-state index in [0.29, 0.717) is 24.0 Å². The van der Waals surface area contributed by atoms with Crippen LogP contribution in [0.4, 0.5) is 0 Å². The number of hydrogen-bond acceptors (Lipinski definition) is 6. The topological polar surface area (TPSA) is 84.9 Å². The zero-order chi connectivity index (χ0) is 13.1. The molecule has 0 spiro atoms. The Balaban J connectivity index is 1.82. The minimum absolute atomic E-state index is 0.212. The van der Waals surface area contributed by atoms with E-state index in [0.717, 1.165) is 5.56 Å². The molecule has 0 bridgehead atoms. The Kier molecular flexibility index (Phi) is 2.89. The first-order chi connectivity index (χ1) is 9.31. The largest absolute Gasteiger partial charge is 0.508 e. The fourth-order valence-corrected chi connectivity index (χ4v) is 1.67. The molecule has 0 radical (unpaired) electrons. The molecular formula is C13H10N4O2. The number of rotatable bonds is 3. The van der Waals surface area contributed by atoms with Crippen LogP contribution in [0.25, 0.3) is 11.6 Å². The van der Waals surface area contributed by atoms with Crippen molar-refractivity contribution >= 4 is 0 Å². The highest BCUT2D eigenvalue weighted by molar-refractivity contribution is 5.40. The van der Waals surface area contributed by atoms with E-state index in [1.807, 2.05) is 6.07 Å². The summed E-state index contributed by atoms with van der Waals surface area (Å²) in [5.41, 5.74) is 0.893. The van der Waals surface area contributed by atoms with Gasteiger partial charge in [0.2, 0.25) is 17.5 Å². The van der Waals surface area contributed by atoms with E-state index in [1.54, 1.807) is 36.7 Å². The molecule has 6 heteroatoms. The zero-order valence-corrected chi connectivity index (χ0v) is 9.89. The Morgan fingerprint density at radius 3 is 2.68 bits per heavy atom. The SMILES string of the molecule is Oc1cccc(Cc2nc(-c3ncccn3)no2)c1. The van der Waals surface area contributed by atoms with Gasteiger partial charge in [0.1, 0.15) is 5.75 Å². The molecule has 0 saturated heterocycles. The average Bonchev–Trinajstić information content (AvgIpc) is 2.88. The summed E-state index contributed by atoms with van der Waals surface area (Å²) in [6.45, 7) is 0. The molecule has 2 aromatic heterocycles. The Morgan fingerprint density at radius 1 is 1.05 bits per heavy atom. The molecule has 19 heavy (non-hydrogen) atoms. The van der Waals surface area contributed by atoms with Gasteiger partial charge in [0.05, 0.1) is 6.42 Å². The van der Waals surface area contributed by atoms with Crippen LogP contribution in [0.3, 0.4) is 0 Å². The van der Waals surface area contributed by atoms with Gasteiger partial charge in [-0.15, -0.1) is 0 Å². The molecule has 0 atom stereocenters. The lowest BCUT2D eigenvalue weighted by atomic mass is 10.1.